The molecule has 0 radical (unpaired) electrons. The fourth-order valence-electron chi connectivity index (χ4n) is 5.40. The summed E-state index contributed by atoms with van der Waals surface area (Å²) >= 11 is 0. The minimum atomic E-state index is 0.512. The predicted molar refractivity (Wildman–Crippen MR) is 260 cm³/mol. The summed E-state index contributed by atoms with van der Waals surface area (Å²) in [7, 11) is 0. The first-order valence-electron chi connectivity index (χ1n) is 20.6. The fourth-order valence-corrected chi connectivity index (χ4v) is 5.40. The molecule has 0 aromatic heterocycles. The Kier molecular flexibility index (Phi) is 21.7. The molecular weight excluding hydrogens is 769 g/mol. The lowest BCUT2D eigenvalue weighted by molar-refractivity contribution is 0.112. The van der Waals surface area contributed by atoms with E-state index in [0.717, 1.165) is 107 Å². The Hall–Kier alpha value is -7.13. The number of carbonyl (C=O) groups is 1. The third-order valence-electron chi connectivity index (χ3n) is 9.10. The maximum Gasteiger partial charge on any atom is 0.150 e. The number of hydrogen-bond acceptors (Lipinski definition) is 8. The first kappa shape index (κ1) is 47.5. The molecule has 6 aromatic carbocycles. The van der Waals surface area contributed by atoms with Gasteiger partial charge in [0.1, 0.15) is 43.4 Å². The number of carbonyl (C=O) groups excluding carboxylic acids is 1. The fraction of sp³-hybridized carbons (Fsp3) is 0.167. The molecule has 0 heterocycles. The van der Waals surface area contributed by atoms with Gasteiger partial charge in [0.2, 0.25) is 0 Å². The molecule has 0 saturated heterocycles. The van der Waals surface area contributed by atoms with E-state index in [0.29, 0.717) is 25.4 Å². The zero-order chi connectivity index (χ0) is 44.0. The SMILES string of the molecule is C=Cc1ccc(COc2ccc(C=NCCCN=Cc3ccc(OCc4ccc(C=C)cc4)cc3)cc2)cc1.C=Cc1ccc(COc2ccc(C=O)cc2)cc1.NCCCN. The molecule has 0 bridgehead atoms. The van der Waals surface area contributed by atoms with Crippen LogP contribution in [0.1, 0.15) is 67.7 Å². The highest BCUT2D eigenvalue weighted by molar-refractivity contribution is 5.80. The molecule has 0 aliphatic carbocycles. The van der Waals surface area contributed by atoms with Crippen molar-refractivity contribution < 1.29 is 19.0 Å². The van der Waals surface area contributed by atoms with Gasteiger partial charge in [-0.2, -0.15) is 0 Å². The molecule has 6 rings (SSSR count). The lowest BCUT2D eigenvalue weighted by atomic mass is 10.1. The van der Waals surface area contributed by atoms with Crippen molar-refractivity contribution in [3.05, 3.63) is 215 Å². The highest BCUT2D eigenvalue weighted by Gasteiger charge is 2.00. The van der Waals surface area contributed by atoms with Crippen molar-refractivity contribution in [2.45, 2.75) is 32.7 Å². The van der Waals surface area contributed by atoms with Gasteiger partial charge in [-0.25, -0.2) is 0 Å². The molecule has 0 atom stereocenters. The Balaban J connectivity index is 0.000000303. The number of aliphatic imine (C=N–C) groups is 2. The van der Waals surface area contributed by atoms with Gasteiger partial charge in [-0.05, 0) is 143 Å². The average molecular weight is 827 g/mol. The Labute approximate surface area is 367 Å². The molecule has 0 aliphatic heterocycles. The van der Waals surface area contributed by atoms with Gasteiger partial charge < -0.3 is 25.7 Å². The summed E-state index contributed by atoms with van der Waals surface area (Å²) in [6.45, 7) is 15.8. The minimum Gasteiger partial charge on any atom is -0.489 e. The number of aldehydes is 1. The molecule has 0 unspecified atom stereocenters. The van der Waals surface area contributed by atoms with Crippen LogP contribution in [0.4, 0.5) is 0 Å². The number of nitrogens with zero attached hydrogens (tertiary/aromatic N) is 2. The van der Waals surface area contributed by atoms with E-state index in [1.165, 1.54) is 0 Å². The van der Waals surface area contributed by atoms with Gasteiger partial charge in [0.05, 0.1) is 0 Å². The van der Waals surface area contributed by atoms with E-state index in [-0.39, 0.29) is 0 Å². The first-order chi connectivity index (χ1) is 30.4. The zero-order valence-corrected chi connectivity index (χ0v) is 35.5. The third-order valence-corrected chi connectivity index (χ3v) is 9.10. The first-order valence-corrected chi connectivity index (χ1v) is 20.6. The van der Waals surface area contributed by atoms with Crippen LogP contribution in [0.2, 0.25) is 0 Å². The van der Waals surface area contributed by atoms with Crippen molar-refractivity contribution in [3.63, 3.8) is 0 Å². The maximum atomic E-state index is 10.5. The van der Waals surface area contributed by atoms with Crippen molar-refractivity contribution in [3.8, 4) is 17.2 Å². The number of hydrogen-bond donors (Lipinski definition) is 2. The van der Waals surface area contributed by atoms with Gasteiger partial charge in [-0.1, -0.05) is 111 Å². The van der Waals surface area contributed by atoms with Gasteiger partial charge in [-0.3, -0.25) is 14.8 Å². The number of benzene rings is 6. The molecule has 62 heavy (non-hydrogen) atoms. The van der Waals surface area contributed by atoms with Gasteiger partial charge in [0, 0.05) is 31.1 Å². The van der Waals surface area contributed by atoms with Crippen molar-refractivity contribution in [2.24, 2.45) is 21.5 Å². The predicted octanol–water partition coefficient (Wildman–Crippen LogP) is 11.1. The lowest BCUT2D eigenvalue weighted by Gasteiger charge is -2.07. The van der Waals surface area contributed by atoms with Crippen molar-refractivity contribution in [2.75, 3.05) is 26.2 Å². The van der Waals surface area contributed by atoms with Crippen LogP contribution in [0.5, 0.6) is 17.2 Å². The highest BCUT2D eigenvalue weighted by Crippen LogP contribution is 2.17. The number of nitrogens with two attached hydrogens (primary N) is 2. The molecule has 0 aliphatic rings. The van der Waals surface area contributed by atoms with E-state index < -0.39 is 0 Å². The minimum absolute atomic E-state index is 0.512. The van der Waals surface area contributed by atoms with Crippen molar-refractivity contribution >= 4 is 36.9 Å². The average Bonchev–Trinajstić information content (AvgIpc) is 3.33. The van der Waals surface area contributed by atoms with Crippen LogP contribution in [-0.4, -0.2) is 44.9 Å². The standard InChI is InChI=1S/C35H34N2O2.C16H14O2.C3H10N2/c1-3-28-6-10-32(11-7-28)26-38-34-18-14-30(15-19-34)24-36-22-5-23-37-25-31-16-20-35(21-17-31)39-27-33-12-8-29(4-2)9-13-33;1-2-13-3-5-15(6-4-13)12-18-16-9-7-14(11-17)8-10-16;4-2-1-3-5/h3-4,6-21,24-25H,1-2,5,22-23,26-27H2;2-11H,1,12H2;1-5H2. The van der Waals surface area contributed by atoms with Crippen LogP contribution in [-0.2, 0) is 19.8 Å². The molecule has 0 saturated carbocycles. The quantitative estimate of drug-likeness (QED) is 0.0423. The van der Waals surface area contributed by atoms with E-state index >= 15 is 0 Å². The Bertz CT molecular complexity index is 2090. The van der Waals surface area contributed by atoms with Gasteiger partial charge in [0.25, 0.3) is 0 Å². The van der Waals surface area contributed by atoms with Crippen LogP contribution in [0.3, 0.4) is 0 Å². The Morgan fingerprint density at radius 3 is 0.952 bits per heavy atom. The van der Waals surface area contributed by atoms with Crippen LogP contribution in [0.25, 0.3) is 18.2 Å². The van der Waals surface area contributed by atoms with Crippen LogP contribution in [0, 0.1) is 0 Å². The van der Waals surface area contributed by atoms with Crippen LogP contribution >= 0.6 is 0 Å². The third kappa shape index (κ3) is 18.4. The topological polar surface area (TPSA) is 122 Å². The summed E-state index contributed by atoms with van der Waals surface area (Å²) in [5.41, 5.74) is 19.5. The van der Waals surface area contributed by atoms with E-state index in [1.807, 2.05) is 128 Å². The largest absolute Gasteiger partial charge is 0.489 e. The van der Waals surface area contributed by atoms with E-state index in [4.69, 9.17) is 25.7 Å². The molecule has 0 spiro atoms. The molecule has 4 N–H and O–H groups in total. The van der Waals surface area contributed by atoms with Gasteiger partial charge in [-0.15, -0.1) is 0 Å². The zero-order valence-electron chi connectivity index (χ0n) is 35.5. The monoisotopic (exact) mass is 826 g/mol. The second-order valence-electron chi connectivity index (χ2n) is 13.9. The Morgan fingerprint density at radius 2 is 0.694 bits per heavy atom. The highest BCUT2D eigenvalue weighted by atomic mass is 16.5. The molecule has 0 amide bonds. The molecular formula is C54H58N4O4. The number of ether oxygens (including phenoxy) is 3. The second-order valence-corrected chi connectivity index (χ2v) is 13.9. The summed E-state index contributed by atoms with van der Waals surface area (Å²) in [5, 5.41) is 0. The second kappa shape index (κ2) is 28.4. The van der Waals surface area contributed by atoms with Crippen molar-refractivity contribution in [1.82, 2.24) is 0 Å². The van der Waals surface area contributed by atoms with Crippen LogP contribution in [0.15, 0.2) is 175 Å². The normalized spacial score (nSPS) is 10.5. The summed E-state index contributed by atoms with van der Waals surface area (Å²) < 4.78 is 17.4. The summed E-state index contributed by atoms with van der Waals surface area (Å²) in [4.78, 5) is 19.6. The van der Waals surface area contributed by atoms with E-state index in [2.05, 4.69) is 54.0 Å². The number of rotatable bonds is 21. The van der Waals surface area contributed by atoms with Gasteiger partial charge >= 0.3 is 0 Å². The summed E-state index contributed by atoms with van der Waals surface area (Å²) in [5.74, 6) is 2.44. The van der Waals surface area contributed by atoms with Gasteiger partial charge in [0.15, 0.2) is 0 Å². The molecule has 6 aromatic rings. The Morgan fingerprint density at radius 1 is 0.403 bits per heavy atom. The summed E-state index contributed by atoms with van der Waals surface area (Å²) in [6, 6.07) is 47.4. The van der Waals surface area contributed by atoms with E-state index in [1.54, 1.807) is 24.3 Å². The van der Waals surface area contributed by atoms with Crippen molar-refractivity contribution in [1.29, 1.82) is 0 Å². The molecule has 8 heteroatoms. The summed E-state index contributed by atoms with van der Waals surface area (Å²) in [6.07, 6.45) is 11.9. The smallest absolute Gasteiger partial charge is 0.150 e. The lowest BCUT2D eigenvalue weighted by Crippen LogP contribution is -2.06. The van der Waals surface area contributed by atoms with E-state index in [9.17, 15) is 4.79 Å². The molecule has 318 valence electrons. The molecule has 8 nitrogen and oxygen atoms in total. The van der Waals surface area contributed by atoms with Crippen LogP contribution < -0.4 is 25.7 Å². The molecule has 0 fully saturated rings. The maximum absolute atomic E-state index is 10.5.